The number of benzene rings is 1. The van der Waals surface area contributed by atoms with E-state index < -0.39 is 0 Å². The van der Waals surface area contributed by atoms with Gasteiger partial charge in [-0.25, -0.2) is 5.48 Å². The molecule has 0 unspecified atom stereocenters. The minimum atomic E-state index is -0.321. The van der Waals surface area contributed by atoms with Crippen LogP contribution in [-0.4, -0.2) is 25.7 Å². The minimum Gasteiger partial charge on any atom is -0.486 e. The number of rotatable bonds is 4. The van der Waals surface area contributed by atoms with Gasteiger partial charge in [-0.2, -0.15) is 0 Å². The lowest BCUT2D eigenvalue weighted by Crippen LogP contribution is -2.27. The molecule has 1 aromatic rings. The predicted molar refractivity (Wildman–Crippen MR) is 65.7 cm³/mol. The van der Waals surface area contributed by atoms with Gasteiger partial charge >= 0.3 is 0 Å². The third kappa shape index (κ3) is 2.92. The van der Waals surface area contributed by atoms with Gasteiger partial charge in [0.15, 0.2) is 11.5 Å². The van der Waals surface area contributed by atoms with Crippen LogP contribution in [0.5, 0.6) is 11.5 Å². The number of hydrogen-bond acceptors (Lipinski definition) is 4. The molecule has 0 atom stereocenters. The first kappa shape index (κ1) is 12.7. The van der Waals surface area contributed by atoms with E-state index in [0.29, 0.717) is 42.8 Å². The largest absolute Gasteiger partial charge is 0.486 e. The van der Waals surface area contributed by atoms with E-state index in [4.69, 9.17) is 14.3 Å². The van der Waals surface area contributed by atoms with E-state index in [1.807, 2.05) is 13.8 Å². The maximum Gasteiger partial charge on any atom is 0.278 e. The summed E-state index contributed by atoms with van der Waals surface area (Å²) >= 11 is 0. The number of carbonyl (C=O) groups is 1. The lowest BCUT2D eigenvalue weighted by molar-refractivity contribution is 0.0204. The number of fused-ring (bicyclic) bond motifs is 1. The average Bonchev–Trinajstić information content (AvgIpc) is 2.37. The SMILES string of the molecule is CC(C)CONC(=O)c1cccc2c1OCCO2. The van der Waals surface area contributed by atoms with E-state index >= 15 is 0 Å². The van der Waals surface area contributed by atoms with Gasteiger partial charge in [0.05, 0.1) is 12.2 Å². The van der Waals surface area contributed by atoms with Crippen LogP contribution in [0.2, 0.25) is 0 Å². The number of hydroxylamine groups is 1. The summed E-state index contributed by atoms with van der Waals surface area (Å²) in [7, 11) is 0. The molecule has 1 amide bonds. The molecule has 1 aliphatic heterocycles. The molecule has 1 aromatic carbocycles. The van der Waals surface area contributed by atoms with Gasteiger partial charge in [-0.1, -0.05) is 19.9 Å². The second-order valence-corrected chi connectivity index (χ2v) is 4.47. The summed E-state index contributed by atoms with van der Waals surface area (Å²) in [6, 6.07) is 5.21. The summed E-state index contributed by atoms with van der Waals surface area (Å²) in [5.41, 5.74) is 2.83. The fraction of sp³-hybridized carbons (Fsp3) is 0.462. The van der Waals surface area contributed by atoms with E-state index in [-0.39, 0.29) is 5.91 Å². The molecule has 0 spiro atoms. The second-order valence-electron chi connectivity index (χ2n) is 4.47. The van der Waals surface area contributed by atoms with Crippen molar-refractivity contribution in [3.63, 3.8) is 0 Å². The summed E-state index contributed by atoms with van der Waals surface area (Å²) in [5, 5.41) is 0. The van der Waals surface area contributed by atoms with Crippen LogP contribution < -0.4 is 15.0 Å². The quantitative estimate of drug-likeness (QED) is 0.829. The molecule has 18 heavy (non-hydrogen) atoms. The Balaban J connectivity index is 2.06. The molecular formula is C13H17NO4. The molecule has 5 heteroatoms. The minimum absolute atomic E-state index is 0.321. The van der Waals surface area contributed by atoms with Crippen molar-refractivity contribution in [2.75, 3.05) is 19.8 Å². The fourth-order valence-electron chi connectivity index (χ4n) is 1.58. The van der Waals surface area contributed by atoms with Crippen LogP contribution in [0.15, 0.2) is 18.2 Å². The van der Waals surface area contributed by atoms with Crippen molar-refractivity contribution in [3.8, 4) is 11.5 Å². The molecule has 1 aliphatic rings. The maximum atomic E-state index is 11.9. The second kappa shape index (κ2) is 5.73. The molecule has 5 nitrogen and oxygen atoms in total. The van der Waals surface area contributed by atoms with Crippen molar-refractivity contribution in [1.29, 1.82) is 0 Å². The Morgan fingerprint density at radius 1 is 1.39 bits per heavy atom. The Morgan fingerprint density at radius 2 is 2.17 bits per heavy atom. The van der Waals surface area contributed by atoms with E-state index in [9.17, 15) is 4.79 Å². The lowest BCUT2D eigenvalue weighted by Gasteiger charge is -2.20. The Morgan fingerprint density at radius 3 is 2.94 bits per heavy atom. The van der Waals surface area contributed by atoms with Crippen LogP contribution in [0.25, 0.3) is 0 Å². The molecule has 0 aliphatic carbocycles. The highest BCUT2D eigenvalue weighted by molar-refractivity contribution is 5.97. The van der Waals surface area contributed by atoms with Crippen molar-refractivity contribution < 1.29 is 19.1 Å². The van der Waals surface area contributed by atoms with Crippen molar-refractivity contribution in [2.45, 2.75) is 13.8 Å². The first-order valence-corrected chi connectivity index (χ1v) is 5.99. The molecule has 98 valence electrons. The topological polar surface area (TPSA) is 56.8 Å². The third-order valence-corrected chi connectivity index (χ3v) is 2.39. The number of carbonyl (C=O) groups excluding carboxylic acids is 1. The Labute approximate surface area is 106 Å². The number of ether oxygens (including phenoxy) is 2. The van der Waals surface area contributed by atoms with Gasteiger partial charge in [0.25, 0.3) is 5.91 Å². The maximum absolute atomic E-state index is 11.9. The number of para-hydroxylation sites is 1. The van der Waals surface area contributed by atoms with E-state index in [1.165, 1.54) is 0 Å². The van der Waals surface area contributed by atoms with Crippen LogP contribution in [0.1, 0.15) is 24.2 Å². The molecule has 0 saturated carbocycles. The van der Waals surface area contributed by atoms with Crippen LogP contribution in [0.4, 0.5) is 0 Å². The summed E-state index contributed by atoms with van der Waals surface area (Å²) in [6.07, 6.45) is 0. The Hall–Kier alpha value is -1.75. The summed E-state index contributed by atoms with van der Waals surface area (Å²) in [4.78, 5) is 17.0. The van der Waals surface area contributed by atoms with Gasteiger partial charge in [0.2, 0.25) is 0 Å². The lowest BCUT2D eigenvalue weighted by atomic mass is 10.1. The molecule has 0 aromatic heterocycles. The number of hydrogen-bond donors (Lipinski definition) is 1. The number of amides is 1. The van der Waals surface area contributed by atoms with Gasteiger partial charge in [0, 0.05) is 0 Å². The summed E-state index contributed by atoms with van der Waals surface area (Å²) < 4.78 is 10.9. The van der Waals surface area contributed by atoms with Crippen LogP contribution in [-0.2, 0) is 4.84 Å². The molecule has 0 fully saturated rings. The summed E-state index contributed by atoms with van der Waals surface area (Å²) in [5.74, 6) is 1.11. The predicted octanol–water partition coefficient (Wildman–Crippen LogP) is 1.78. The van der Waals surface area contributed by atoms with Crippen LogP contribution >= 0.6 is 0 Å². The van der Waals surface area contributed by atoms with Crippen LogP contribution in [0.3, 0.4) is 0 Å². The monoisotopic (exact) mass is 251 g/mol. The highest BCUT2D eigenvalue weighted by atomic mass is 16.7. The van der Waals surface area contributed by atoms with Crippen molar-refractivity contribution in [1.82, 2.24) is 5.48 Å². The van der Waals surface area contributed by atoms with Gasteiger partial charge < -0.3 is 9.47 Å². The first-order chi connectivity index (χ1) is 8.68. The fourth-order valence-corrected chi connectivity index (χ4v) is 1.58. The van der Waals surface area contributed by atoms with Gasteiger partial charge in [-0.05, 0) is 18.1 Å². The van der Waals surface area contributed by atoms with E-state index in [1.54, 1.807) is 18.2 Å². The Bertz CT molecular complexity index is 431. The zero-order valence-electron chi connectivity index (χ0n) is 10.6. The molecular weight excluding hydrogens is 234 g/mol. The van der Waals surface area contributed by atoms with Gasteiger partial charge in [-0.15, -0.1) is 0 Å². The highest BCUT2D eigenvalue weighted by Gasteiger charge is 2.20. The highest BCUT2D eigenvalue weighted by Crippen LogP contribution is 2.33. The molecule has 1 N–H and O–H groups in total. The first-order valence-electron chi connectivity index (χ1n) is 5.99. The Kier molecular flexibility index (Phi) is 4.04. The average molecular weight is 251 g/mol. The third-order valence-electron chi connectivity index (χ3n) is 2.39. The molecule has 1 heterocycles. The van der Waals surface area contributed by atoms with Gasteiger partial charge in [-0.3, -0.25) is 9.63 Å². The van der Waals surface area contributed by atoms with Crippen molar-refractivity contribution >= 4 is 5.91 Å². The normalized spacial score (nSPS) is 13.5. The van der Waals surface area contributed by atoms with Crippen molar-refractivity contribution in [3.05, 3.63) is 23.8 Å². The number of nitrogens with one attached hydrogen (secondary N) is 1. The molecule has 0 radical (unpaired) electrons. The summed E-state index contributed by atoms with van der Waals surface area (Å²) in [6.45, 7) is 5.44. The zero-order valence-corrected chi connectivity index (χ0v) is 10.6. The molecule has 2 rings (SSSR count). The van der Waals surface area contributed by atoms with Crippen LogP contribution in [0, 0.1) is 5.92 Å². The molecule has 0 saturated heterocycles. The zero-order chi connectivity index (χ0) is 13.0. The van der Waals surface area contributed by atoms with Crippen molar-refractivity contribution in [2.24, 2.45) is 5.92 Å². The van der Waals surface area contributed by atoms with E-state index in [0.717, 1.165) is 0 Å². The molecule has 0 bridgehead atoms. The van der Waals surface area contributed by atoms with Gasteiger partial charge in [0.1, 0.15) is 13.2 Å². The smallest absolute Gasteiger partial charge is 0.278 e. The van der Waals surface area contributed by atoms with E-state index in [2.05, 4.69) is 5.48 Å². The standard InChI is InChI=1S/C13H17NO4/c1-9(2)8-18-14-13(15)10-4-3-5-11-12(10)17-7-6-16-11/h3-5,9H,6-8H2,1-2H3,(H,14,15).